The minimum atomic E-state index is 0.0168. The standard InChI is InChI=1S/C16H21N5O/c17-14-6-3-5-12(8-14)16(22)20-15-7-2-1-4-13(15)9-21-11-18-10-19-21/h1-2,4,7,10-12,14H,3,5-6,8-9,17H2,(H,20,22). The van der Waals surface area contributed by atoms with Gasteiger partial charge in [0.15, 0.2) is 0 Å². The van der Waals surface area contributed by atoms with Gasteiger partial charge in [-0.05, 0) is 30.9 Å². The van der Waals surface area contributed by atoms with Crippen molar-refractivity contribution < 1.29 is 4.79 Å². The lowest BCUT2D eigenvalue weighted by atomic mass is 9.85. The fourth-order valence-corrected chi connectivity index (χ4v) is 2.97. The van der Waals surface area contributed by atoms with Gasteiger partial charge in [-0.1, -0.05) is 24.6 Å². The van der Waals surface area contributed by atoms with Gasteiger partial charge < -0.3 is 11.1 Å². The number of carbonyl (C=O) groups excluding carboxylic acids is 1. The topological polar surface area (TPSA) is 85.8 Å². The highest BCUT2D eigenvalue weighted by Crippen LogP contribution is 2.25. The molecular formula is C16H21N5O. The van der Waals surface area contributed by atoms with Crippen molar-refractivity contribution in [2.75, 3.05) is 5.32 Å². The summed E-state index contributed by atoms with van der Waals surface area (Å²) >= 11 is 0. The SMILES string of the molecule is NC1CCCC(C(=O)Nc2ccccc2Cn2cncn2)C1. The number of rotatable bonds is 4. The van der Waals surface area contributed by atoms with E-state index >= 15 is 0 Å². The zero-order valence-electron chi connectivity index (χ0n) is 12.5. The van der Waals surface area contributed by atoms with Gasteiger partial charge in [-0.15, -0.1) is 0 Å². The maximum Gasteiger partial charge on any atom is 0.227 e. The Morgan fingerprint density at radius 1 is 1.36 bits per heavy atom. The van der Waals surface area contributed by atoms with E-state index in [1.54, 1.807) is 11.0 Å². The second-order valence-electron chi connectivity index (χ2n) is 5.86. The molecular weight excluding hydrogens is 278 g/mol. The van der Waals surface area contributed by atoms with Crippen molar-refractivity contribution >= 4 is 11.6 Å². The lowest BCUT2D eigenvalue weighted by Gasteiger charge is -2.26. The van der Waals surface area contributed by atoms with E-state index in [1.807, 2.05) is 24.3 Å². The van der Waals surface area contributed by atoms with Crippen molar-refractivity contribution in [2.24, 2.45) is 11.7 Å². The van der Waals surface area contributed by atoms with Crippen LogP contribution in [0.4, 0.5) is 5.69 Å². The van der Waals surface area contributed by atoms with Crippen molar-refractivity contribution in [1.82, 2.24) is 14.8 Å². The molecule has 1 aromatic heterocycles. The van der Waals surface area contributed by atoms with Crippen molar-refractivity contribution in [1.29, 1.82) is 0 Å². The van der Waals surface area contributed by atoms with E-state index in [-0.39, 0.29) is 17.9 Å². The Morgan fingerprint density at radius 2 is 2.23 bits per heavy atom. The number of nitrogens with one attached hydrogen (secondary N) is 1. The molecule has 3 rings (SSSR count). The monoisotopic (exact) mass is 299 g/mol. The second-order valence-corrected chi connectivity index (χ2v) is 5.86. The van der Waals surface area contributed by atoms with Gasteiger partial charge in [0.1, 0.15) is 12.7 Å². The molecule has 2 aromatic rings. The molecule has 1 fully saturated rings. The molecule has 2 atom stereocenters. The Hall–Kier alpha value is -2.21. The lowest BCUT2D eigenvalue weighted by molar-refractivity contribution is -0.120. The molecule has 1 saturated carbocycles. The van der Waals surface area contributed by atoms with Crippen molar-refractivity contribution in [3.05, 3.63) is 42.5 Å². The third-order valence-corrected chi connectivity index (χ3v) is 4.16. The zero-order chi connectivity index (χ0) is 15.4. The van der Waals surface area contributed by atoms with Gasteiger partial charge in [-0.3, -0.25) is 4.79 Å². The van der Waals surface area contributed by atoms with Crippen LogP contribution < -0.4 is 11.1 Å². The Labute approximate surface area is 129 Å². The molecule has 0 bridgehead atoms. The van der Waals surface area contributed by atoms with Crippen LogP contribution >= 0.6 is 0 Å². The molecule has 1 amide bonds. The summed E-state index contributed by atoms with van der Waals surface area (Å²) < 4.78 is 1.74. The minimum absolute atomic E-state index is 0.0168. The molecule has 0 saturated heterocycles. The molecule has 1 aromatic carbocycles. The van der Waals surface area contributed by atoms with E-state index in [0.29, 0.717) is 6.54 Å². The maximum atomic E-state index is 12.5. The smallest absolute Gasteiger partial charge is 0.227 e. The predicted octanol–water partition coefficient (Wildman–Crippen LogP) is 1.78. The number of carbonyl (C=O) groups is 1. The first-order chi connectivity index (χ1) is 10.7. The second kappa shape index (κ2) is 6.70. The van der Waals surface area contributed by atoms with Crippen LogP contribution in [-0.2, 0) is 11.3 Å². The van der Waals surface area contributed by atoms with Crippen LogP contribution in [0, 0.1) is 5.92 Å². The highest BCUT2D eigenvalue weighted by Gasteiger charge is 2.25. The van der Waals surface area contributed by atoms with Gasteiger partial charge in [-0.25, -0.2) is 9.67 Å². The lowest BCUT2D eigenvalue weighted by Crippen LogP contribution is -2.34. The Bertz CT molecular complexity index is 625. The number of nitrogens with zero attached hydrogens (tertiary/aromatic N) is 3. The summed E-state index contributed by atoms with van der Waals surface area (Å²) in [6.07, 6.45) is 6.91. The Balaban J connectivity index is 1.70. The number of anilines is 1. The molecule has 1 aliphatic carbocycles. The zero-order valence-corrected chi connectivity index (χ0v) is 12.5. The molecule has 1 aliphatic rings. The fraction of sp³-hybridized carbons (Fsp3) is 0.438. The van der Waals surface area contributed by atoms with E-state index in [4.69, 9.17) is 5.73 Å². The third kappa shape index (κ3) is 3.51. The molecule has 1 heterocycles. The normalized spacial score (nSPS) is 21.5. The van der Waals surface area contributed by atoms with Crippen LogP contribution in [0.3, 0.4) is 0 Å². The summed E-state index contributed by atoms with van der Waals surface area (Å²) in [6, 6.07) is 7.94. The molecule has 22 heavy (non-hydrogen) atoms. The largest absolute Gasteiger partial charge is 0.328 e. The van der Waals surface area contributed by atoms with Gasteiger partial charge in [0.25, 0.3) is 0 Å². The van der Waals surface area contributed by atoms with E-state index in [1.165, 1.54) is 6.33 Å². The molecule has 116 valence electrons. The summed E-state index contributed by atoms with van der Waals surface area (Å²) in [5.41, 5.74) is 7.83. The number of benzene rings is 1. The summed E-state index contributed by atoms with van der Waals surface area (Å²) in [5.74, 6) is 0.0874. The molecule has 6 nitrogen and oxygen atoms in total. The van der Waals surface area contributed by atoms with Crippen molar-refractivity contribution in [3.63, 3.8) is 0 Å². The number of aromatic nitrogens is 3. The molecule has 0 spiro atoms. The first kappa shape index (κ1) is 14.7. The minimum Gasteiger partial charge on any atom is -0.328 e. The van der Waals surface area contributed by atoms with E-state index in [9.17, 15) is 4.79 Å². The first-order valence-corrected chi connectivity index (χ1v) is 7.69. The molecule has 3 N–H and O–H groups in total. The van der Waals surface area contributed by atoms with Crippen molar-refractivity contribution in [3.8, 4) is 0 Å². The van der Waals surface area contributed by atoms with E-state index in [0.717, 1.165) is 36.9 Å². The van der Waals surface area contributed by atoms with Crippen LogP contribution in [0.15, 0.2) is 36.9 Å². The van der Waals surface area contributed by atoms with Crippen LogP contribution in [0.2, 0.25) is 0 Å². The number of hydrogen-bond donors (Lipinski definition) is 2. The van der Waals surface area contributed by atoms with E-state index < -0.39 is 0 Å². The summed E-state index contributed by atoms with van der Waals surface area (Å²) in [5, 5.41) is 7.17. The maximum absolute atomic E-state index is 12.5. The average molecular weight is 299 g/mol. The summed E-state index contributed by atoms with van der Waals surface area (Å²) in [7, 11) is 0. The quantitative estimate of drug-likeness (QED) is 0.901. The third-order valence-electron chi connectivity index (χ3n) is 4.16. The Morgan fingerprint density at radius 3 is 3.00 bits per heavy atom. The molecule has 2 unspecified atom stereocenters. The number of nitrogens with two attached hydrogens (primary N) is 1. The number of para-hydroxylation sites is 1. The van der Waals surface area contributed by atoms with Crippen LogP contribution in [0.5, 0.6) is 0 Å². The summed E-state index contributed by atoms with van der Waals surface area (Å²) in [4.78, 5) is 16.4. The Kier molecular flexibility index (Phi) is 4.48. The highest BCUT2D eigenvalue weighted by molar-refractivity contribution is 5.93. The van der Waals surface area contributed by atoms with Crippen LogP contribution in [-0.4, -0.2) is 26.7 Å². The molecule has 0 aliphatic heterocycles. The summed E-state index contributed by atoms with van der Waals surface area (Å²) in [6.45, 7) is 0.584. The van der Waals surface area contributed by atoms with Gasteiger partial charge in [-0.2, -0.15) is 5.10 Å². The van der Waals surface area contributed by atoms with Gasteiger partial charge in [0.2, 0.25) is 5.91 Å². The fourth-order valence-electron chi connectivity index (χ4n) is 2.97. The van der Waals surface area contributed by atoms with Crippen LogP contribution in [0.1, 0.15) is 31.2 Å². The average Bonchev–Trinajstić information content (AvgIpc) is 3.02. The molecule has 0 radical (unpaired) electrons. The van der Waals surface area contributed by atoms with Gasteiger partial charge in [0, 0.05) is 17.6 Å². The van der Waals surface area contributed by atoms with Crippen LogP contribution in [0.25, 0.3) is 0 Å². The predicted molar refractivity (Wildman–Crippen MR) is 84.1 cm³/mol. The van der Waals surface area contributed by atoms with Gasteiger partial charge >= 0.3 is 0 Å². The van der Waals surface area contributed by atoms with Crippen molar-refractivity contribution in [2.45, 2.75) is 38.3 Å². The number of hydrogen-bond acceptors (Lipinski definition) is 4. The first-order valence-electron chi connectivity index (χ1n) is 7.69. The molecule has 6 heteroatoms. The highest BCUT2D eigenvalue weighted by atomic mass is 16.1. The van der Waals surface area contributed by atoms with Gasteiger partial charge in [0.05, 0.1) is 6.54 Å². The number of amides is 1. The van der Waals surface area contributed by atoms with E-state index in [2.05, 4.69) is 15.4 Å².